The van der Waals surface area contributed by atoms with Crippen molar-refractivity contribution in [3.8, 4) is 0 Å². The van der Waals surface area contributed by atoms with Crippen LogP contribution in [0.2, 0.25) is 5.02 Å². The lowest BCUT2D eigenvalue weighted by molar-refractivity contribution is -0.121. The van der Waals surface area contributed by atoms with Crippen LogP contribution in [-0.2, 0) is 11.2 Å². The molecule has 0 spiro atoms. The Bertz CT molecular complexity index is 407. The van der Waals surface area contributed by atoms with Crippen LogP contribution in [0.15, 0.2) is 24.3 Å². The van der Waals surface area contributed by atoms with Gasteiger partial charge in [0.1, 0.15) is 0 Å². The molecule has 0 aromatic heterocycles. The minimum atomic E-state index is 0.0396. The Morgan fingerprint density at radius 2 is 2.11 bits per heavy atom. The van der Waals surface area contributed by atoms with Crippen molar-refractivity contribution in [3.05, 3.63) is 34.9 Å². The minimum absolute atomic E-state index is 0.0396. The lowest BCUT2D eigenvalue weighted by Crippen LogP contribution is -2.44. The molecule has 3 N–H and O–H groups in total. The van der Waals surface area contributed by atoms with Gasteiger partial charge in [0.05, 0.1) is 6.17 Å². The average molecular weight is 268 g/mol. The first kappa shape index (κ1) is 13.3. The molecule has 2 atom stereocenters. The van der Waals surface area contributed by atoms with Crippen molar-refractivity contribution in [1.29, 1.82) is 0 Å². The molecule has 2 unspecified atom stereocenters. The standard InChI is InChI=1S/C13H18ClN3O/c1-9-8-12(17-16-9)15-13(18)7-4-10-2-5-11(14)6-3-10/h2-3,5-6,9,12,16-17H,4,7-8H2,1H3,(H,15,18). The third-order valence-corrected chi connectivity index (χ3v) is 3.23. The zero-order valence-electron chi connectivity index (χ0n) is 10.4. The van der Waals surface area contributed by atoms with Gasteiger partial charge in [-0.2, -0.15) is 0 Å². The maximum atomic E-state index is 11.7. The van der Waals surface area contributed by atoms with Crippen molar-refractivity contribution in [1.82, 2.24) is 16.2 Å². The van der Waals surface area contributed by atoms with Crippen LogP contribution >= 0.6 is 11.6 Å². The first-order chi connectivity index (χ1) is 8.63. The molecule has 1 amide bonds. The second-order valence-corrected chi connectivity index (χ2v) is 5.11. The molecule has 1 fully saturated rings. The van der Waals surface area contributed by atoms with E-state index in [-0.39, 0.29) is 12.1 Å². The minimum Gasteiger partial charge on any atom is -0.339 e. The van der Waals surface area contributed by atoms with E-state index in [1.807, 2.05) is 24.3 Å². The highest BCUT2D eigenvalue weighted by Gasteiger charge is 2.21. The van der Waals surface area contributed by atoms with Gasteiger partial charge < -0.3 is 5.32 Å². The molecule has 0 bridgehead atoms. The molecule has 1 aliphatic heterocycles. The van der Waals surface area contributed by atoms with Crippen molar-refractivity contribution in [2.24, 2.45) is 0 Å². The largest absolute Gasteiger partial charge is 0.339 e. The number of nitrogens with one attached hydrogen (secondary N) is 3. The van der Waals surface area contributed by atoms with Gasteiger partial charge >= 0.3 is 0 Å². The number of hydrogen-bond acceptors (Lipinski definition) is 3. The molecule has 0 radical (unpaired) electrons. The number of rotatable bonds is 4. The number of benzene rings is 1. The summed E-state index contributed by atoms with van der Waals surface area (Å²) >= 11 is 5.81. The predicted octanol–water partition coefficient (Wildman–Crippen LogP) is 1.60. The molecule has 2 rings (SSSR count). The maximum absolute atomic E-state index is 11.7. The molecule has 4 nitrogen and oxygen atoms in total. The Balaban J connectivity index is 1.73. The maximum Gasteiger partial charge on any atom is 0.221 e. The molecule has 1 heterocycles. The van der Waals surface area contributed by atoms with E-state index in [0.29, 0.717) is 12.5 Å². The Kier molecular flexibility index (Phi) is 4.58. The summed E-state index contributed by atoms with van der Waals surface area (Å²) in [5, 5.41) is 3.67. The molecule has 5 heteroatoms. The summed E-state index contributed by atoms with van der Waals surface area (Å²) in [4.78, 5) is 11.7. The monoisotopic (exact) mass is 267 g/mol. The van der Waals surface area contributed by atoms with Crippen LogP contribution in [0, 0.1) is 0 Å². The molecule has 0 aliphatic carbocycles. The van der Waals surface area contributed by atoms with Crippen LogP contribution < -0.4 is 16.2 Å². The number of aryl methyl sites for hydroxylation is 1. The number of carbonyl (C=O) groups is 1. The van der Waals surface area contributed by atoms with Crippen molar-refractivity contribution in [3.63, 3.8) is 0 Å². The summed E-state index contributed by atoms with van der Waals surface area (Å²) in [6, 6.07) is 7.99. The SMILES string of the molecule is CC1CC(NC(=O)CCc2ccc(Cl)cc2)NN1. The van der Waals surface area contributed by atoms with Gasteiger partial charge in [0.25, 0.3) is 0 Å². The number of hydrogen-bond donors (Lipinski definition) is 3. The van der Waals surface area contributed by atoms with Gasteiger partial charge in [0.2, 0.25) is 5.91 Å². The zero-order valence-corrected chi connectivity index (χ0v) is 11.1. The molecule has 1 aromatic carbocycles. The van der Waals surface area contributed by atoms with Crippen molar-refractivity contribution < 1.29 is 4.79 Å². The second kappa shape index (κ2) is 6.18. The van der Waals surface area contributed by atoms with Gasteiger partial charge in [-0.3, -0.25) is 10.2 Å². The summed E-state index contributed by atoms with van der Waals surface area (Å²) in [7, 11) is 0. The zero-order chi connectivity index (χ0) is 13.0. The van der Waals surface area contributed by atoms with E-state index in [9.17, 15) is 4.79 Å². The fourth-order valence-electron chi connectivity index (χ4n) is 1.98. The summed E-state index contributed by atoms with van der Waals surface area (Å²) in [5.41, 5.74) is 7.24. The van der Waals surface area contributed by atoms with Gasteiger partial charge in [-0.1, -0.05) is 23.7 Å². The van der Waals surface area contributed by atoms with Crippen molar-refractivity contribution >= 4 is 17.5 Å². The molecule has 1 saturated heterocycles. The van der Waals surface area contributed by atoms with E-state index in [2.05, 4.69) is 23.1 Å². The van der Waals surface area contributed by atoms with E-state index >= 15 is 0 Å². The van der Waals surface area contributed by atoms with Crippen LogP contribution in [-0.4, -0.2) is 18.1 Å². The molecule has 1 aliphatic rings. The van der Waals surface area contributed by atoms with Gasteiger partial charge in [-0.05, 0) is 37.5 Å². The molecule has 98 valence electrons. The smallest absolute Gasteiger partial charge is 0.221 e. The highest BCUT2D eigenvalue weighted by molar-refractivity contribution is 6.30. The Labute approximate surface area is 112 Å². The number of carbonyl (C=O) groups excluding carboxylic acids is 1. The number of amides is 1. The van der Waals surface area contributed by atoms with Crippen LogP contribution in [0.1, 0.15) is 25.3 Å². The molecule has 0 saturated carbocycles. The van der Waals surface area contributed by atoms with E-state index in [4.69, 9.17) is 11.6 Å². The lowest BCUT2D eigenvalue weighted by Gasteiger charge is -2.11. The Morgan fingerprint density at radius 1 is 1.39 bits per heavy atom. The van der Waals surface area contributed by atoms with Crippen molar-refractivity contribution in [2.75, 3.05) is 0 Å². The number of halogens is 1. The summed E-state index contributed by atoms with van der Waals surface area (Å²) in [6.07, 6.45) is 2.18. The summed E-state index contributed by atoms with van der Waals surface area (Å²) in [5.74, 6) is 0.0679. The van der Waals surface area contributed by atoms with Crippen LogP contribution in [0.25, 0.3) is 0 Å². The van der Waals surface area contributed by atoms with Crippen LogP contribution in [0.5, 0.6) is 0 Å². The van der Waals surface area contributed by atoms with Gasteiger partial charge in [0.15, 0.2) is 0 Å². The average Bonchev–Trinajstić information content (AvgIpc) is 2.74. The lowest BCUT2D eigenvalue weighted by atomic mass is 10.1. The van der Waals surface area contributed by atoms with E-state index in [0.717, 1.165) is 23.4 Å². The molecular weight excluding hydrogens is 250 g/mol. The molecular formula is C13H18ClN3O. The molecule has 18 heavy (non-hydrogen) atoms. The van der Waals surface area contributed by atoms with Gasteiger partial charge in [-0.15, -0.1) is 0 Å². The Morgan fingerprint density at radius 3 is 2.72 bits per heavy atom. The first-order valence-corrected chi connectivity index (χ1v) is 6.56. The number of hydrazine groups is 1. The quantitative estimate of drug-likeness (QED) is 0.777. The van der Waals surface area contributed by atoms with Crippen LogP contribution in [0.3, 0.4) is 0 Å². The fourth-order valence-corrected chi connectivity index (χ4v) is 2.11. The Hall–Kier alpha value is -1.10. The first-order valence-electron chi connectivity index (χ1n) is 6.18. The topological polar surface area (TPSA) is 53.2 Å². The third-order valence-electron chi connectivity index (χ3n) is 2.98. The normalized spacial score (nSPS) is 23.0. The third kappa shape index (κ3) is 3.98. The summed E-state index contributed by atoms with van der Waals surface area (Å²) in [6.45, 7) is 2.08. The second-order valence-electron chi connectivity index (χ2n) is 4.67. The summed E-state index contributed by atoms with van der Waals surface area (Å²) < 4.78 is 0. The van der Waals surface area contributed by atoms with Crippen LogP contribution in [0.4, 0.5) is 0 Å². The van der Waals surface area contributed by atoms with E-state index in [1.165, 1.54) is 0 Å². The molecule has 1 aromatic rings. The van der Waals surface area contributed by atoms with E-state index < -0.39 is 0 Å². The highest BCUT2D eigenvalue weighted by atomic mass is 35.5. The van der Waals surface area contributed by atoms with Gasteiger partial charge in [0, 0.05) is 17.5 Å². The van der Waals surface area contributed by atoms with Crippen molar-refractivity contribution in [2.45, 2.75) is 38.4 Å². The van der Waals surface area contributed by atoms with Gasteiger partial charge in [-0.25, -0.2) is 5.43 Å². The van der Waals surface area contributed by atoms with E-state index in [1.54, 1.807) is 0 Å². The predicted molar refractivity (Wildman–Crippen MR) is 72.1 cm³/mol. The fraction of sp³-hybridized carbons (Fsp3) is 0.462. The highest BCUT2D eigenvalue weighted by Crippen LogP contribution is 2.11.